The Kier molecular flexibility index (Phi) is 5.18. The van der Waals surface area contributed by atoms with Crippen LogP contribution in [0.3, 0.4) is 0 Å². The fraction of sp³-hybridized carbons (Fsp3) is 0.476. The number of methoxy groups -OCH3 is 1. The second kappa shape index (κ2) is 7.74. The van der Waals surface area contributed by atoms with Crippen LogP contribution < -0.4 is 0 Å². The minimum Gasteiger partial charge on any atom is -0.378 e. The van der Waals surface area contributed by atoms with E-state index >= 15 is 0 Å². The number of carbonyl (C=O) groups is 1. The summed E-state index contributed by atoms with van der Waals surface area (Å²) >= 11 is 0. The number of aromatic nitrogens is 2. The number of piperidine rings is 1. The first-order chi connectivity index (χ1) is 13.2. The van der Waals surface area contributed by atoms with E-state index in [0.717, 1.165) is 38.2 Å². The van der Waals surface area contributed by atoms with Gasteiger partial charge in [0.1, 0.15) is 0 Å². The summed E-state index contributed by atoms with van der Waals surface area (Å²) in [5.41, 5.74) is 2.81. The number of carbonyl (C=O) groups excluding carboxylic acids is 1. The van der Waals surface area contributed by atoms with Crippen LogP contribution in [0.25, 0.3) is 0 Å². The van der Waals surface area contributed by atoms with Crippen LogP contribution in [-0.2, 0) is 4.74 Å². The molecule has 2 fully saturated rings. The fourth-order valence-corrected chi connectivity index (χ4v) is 4.21. The topological polar surface area (TPSA) is 58.6 Å². The lowest BCUT2D eigenvalue weighted by atomic mass is 9.87. The molecule has 1 amide bonds. The number of nitrogens with zero attached hydrogens (tertiary/aromatic N) is 4. The number of hydrogen-bond acceptors (Lipinski definition) is 5. The fourth-order valence-electron chi connectivity index (χ4n) is 4.21. The molecule has 0 N–H and O–H groups in total. The number of likely N-dealkylation sites (tertiary alicyclic amines) is 2. The van der Waals surface area contributed by atoms with Crippen molar-refractivity contribution in [1.29, 1.82) is 0 Å². The summed E-state index contributed by atoms with van der Waals surface area (Å²) in [4.78, 5) is 25.7. The molecule has 2 aromatic heterocycles. The van der Waals surface area contributed by atoms with Crippen molar-refractivity contribution in [1.82, 2.24) is 19.8 Å². The van der Waals surface area contributed by atoms with Crippen molar-refractivity contribution >= 4 is 5.91 Å². The predicted molar refractivity (Wildman–Crippen MR) is 102 cm³/mol. The lowest BCUT2D eigenvalue weighted by Crippen LogP contribution is -2.60. The number of hydrogen-bond donors (Lipinski definition) is 0. The van der Waals surface area contributed by atoms with Crippen LogP contribution in [0.5, 0.6) is 0 Å². The van der Waals surface area contributed by atoms with Crippen LogP contribution in [0.4, 0.5) is 0 Å². The van der Waals surface area contributed by atoms with Gasteiger partial charge >= 0.3 is 0 Å². The third-order valence-electron chi connectivity index (χ3n) is 5.81. The van der Waals surface area contributed by atoms with Gasteiger partial charge in [0.25, 0.3) is 5.91 Å². The molecule has 0 spiro atoms. The summed E-state index contributed by atoms with van der Waals surface area (Å²) in [6, 6.07) is 8.60. The first-order valence-corrected chi connectivity index (χ1v) is 9.58. The van der Waals surface area contributed by atoms with E-state index in [-0.39, 0.29) is 18.1 Å². The average molecular weight is 366 g/mol. The van der Waals surface area contributed by atoms with Gasteiger partial charge in [-0.2, -0.15) is 0 Å². The third kappa shape index (κ3) is 3.59. The molecular formula is C21H26N4O2. The van der Waals surface area contributed by atoms with Gasteiger partial charge < -0.3 is 9.64 Å². The van der Waals surface area contributed by atoms with Crippen molar-refractivity contribution in [3.05, 3.63) is 59.7 Å². The maximum atomic E-state index is 12.7. The largest absolute Gasteiger partial charge is 0.378 e. The van der Waals surface area contributed by atoms with Crippen LogP contribution in [0, 0.1) is 6.92 Å². The van der Waals surface area contributed by atoms with Crippen LogP contribution >= 0.6 is 0 Å². The van der Waals surface area contributed by atoms with E-state index in [2.05, 4.69) is 20.9 Å². The number of aryl methyl sites for hydroxylation is 1. The quantitative estimate of drug-likeness (QED) is 0.832. The van der Waals surface area contributed by atoms with E-state index in [1.165, 1.54) is 5.56 Å². The van der Waals surface area contributed by atoms with Crippen LogP contribution in [0.2, 0.25) is 0 Å². The Morgan fingerprint density at radius 1 is 1.19 bits per heavy atom. The molecule has 0 aliphatic carbocycles. The first kappa shape index (κ1) is 18.1. The lowest BCUT2D eigenvalue weighted by molar-refractivity contribution is -0.115. The van der Waals surface area contributed by atoms with Crippen molar-refractivity contribution in [2.75, 3.05) is 26.7 Å². The molecule has 27 heavy (non-hydrogen) atoms. The average Bonchev–Trinajstić information content (AvgIpc) is 2.69. The number of amides is 1. The Bertz CT molecular complexity index is 773. The van der Waals surface area contributed by atoms with Crippen molar-refractivity contribution in [3.63, 3.8) is 0 Å². The molecule has 6 nitrogen and oxygen atoms in total. The monoisotopic (exact) mass is 366 g/mol. The maximum Gasteiger partial charge on any atom is 0.255 e. The molecule has 2 atom stereocenters. The smallest absolute Gasteiger partial charge is 0.255 e. The molecule has 2 aliphatic heterocycles. The molecule has 2 aromatic rings. The Morgan fingerprint density at radius 3 is 2.63 bits per heavy atom. The second-order valence-corrected chi connectivity index (χ2v) is 7.41. The highest BCUT2D eigenvalue weighted by molar-refractivity contribution is 5.94. The van der Waals surface area contributed by atoms with Gasteiger partial charge in [0.2, 0.25) is 0 Å². The van der Waals surface area contributed by atoms with Gasteiger partial charge in [0.05, 0.1) is 17.7 Å². The number of pyridine rings is 2. The lowest BCUT2D eigenvalue weighted by Gasteiger charge is -2.52. The summed E-state index contributed by atoms with van der Waals surface area (Å²) < 4.78 is 5.66. The minimum atomic E-state index is 0.0862. The predicted octanol–water partition coefficient (Wildman–Crippen LogP) is 2.46. The van der Waals surface area contributed by atoms with Gasteiger partial charge in [-0.05, 0) is 43.5 Å². The molecule has 0 bridgehead atoms. The molecule has 2 aliphatic rings. The molecular weight excluding hydrogens is 340 g/mol. The first-order valence-electron chi connectivity index (χ1n) is 9.58. The molecule has 0 aromatic carbocycles. The molecule has 142 valence electrons. The van der Waals surface area contributed by atoms with Crippen LogP contribution in [-0.4, -0.2) is 64.6 Å². The Morgan fingerprint density at radius 2 is 2.00 bits per heavy atom. The Labute approximate surface area is 160 Å². The molecule has 0 unspecified atom stereocenters. The van der Waals surface area contributed by atoms with Gasteiger partial charge in [-0.3, -0.25) is 19.7 Å². The van der Waals surface area contributed by atoms with Crippen molar-refractivity contribution in [3.8, 4) is 0 Å². The third-order valence-corrected chi connectivity index (χ3v) is 5.81. The maximum absolute atomic E-state index is 12.7. The van der Waals surface area contributed by atoms with E-state index in [9.17, 15) is 4.79 Å². The van der Waals surface area contributed by atoms with Crippen molar-refractivity contribution in [2.45, 2.75) is 38.0 Å². The van der Waals surface area contributed by atoms with E-state index in [1.54, 1.807) is 19.5 Å². The molecule has 2 saturated heterocycles. The van der Waals surface area contributed by atoms with Gasteiger partial charge in [0, 0.05) is 57.1 Å². The second-order valence-electron chi connectivity index (χ2n) is 7.41. The van der Waals surface area contributed by atoms with Crippen molar-refractivity contribution < 1.29 is 9.53 Å². The number of rotatable bonds is 4. The highest BCUT2D eigenvalue weighted by Gasteiger charge is 2.44. The van der Waals surface area contributed by atoms with Crippen molar-refractivity contribution in [2.24, 2.45) is 0 Å². The summed E-state index contributed by atoms with van der Waals surface area (Å²) in [5, 5.41) is 0. The standard InChI is InChI=1S/C21H26N4O2/c1-15-5-6-17(13-23-15)21(26)24-10-7-18(8-11-24)25-14-19(27-2)20(25)16-4-3-9-22-12-16/h3-6,9,12-13,18-20H,7-8,10-11,14H2,1-2H3/t19-,20-/m0/s1. The van der Waals surface area contributed by atoms with Gasteiger partial charge in [-0.25, -0.2) is 0 Å². The normalized spacial score (nSPS) is 23.9. The van der Waals surface area contributed by atoms with E-state index < -0.39 is 0 Å². The zero-order valence-corrected chi connectivity index (χ0v) is 15.9. The van der Waals surface area contributed by atoms with Gasteiger partial charge in [0.15, 0.2) is 0 Å². The zero-order valence-electron chi connectivity index (χ0n) is 15.9. The summed E-state index contributed by atoms with van der Waals surface area (Å²) in [6.45, 7) is 4.44. The van der Waals surface area contributed by atoms with E-state index in [4.69, 9.17) is 4.74 Å². The van der Waals surface area contributed by atoms with Crippen LogP contribution in [0.1, 0.15) is 40.5 Å². The highest BCUT2D eigenvalue weighted by atomic mass is 16.5. The SMILES string of the molecule is CO[C@H]1CN(C2CCN(C(=O)c3ccc(C)nc3)CC2)[C@H]1c1cccnc1. The Balaban J connectivity index is 1.39. The molecule has 0 saturated carbocycles. The summed E-state index contributed by atoms with van der Waals surface area (Å²) in [7, 11) is 1.78. The van der Waals surface area contributed by atoms with E-state index in [1.807, 2.05) is 36.2 Å². The molecule has 4 rings (SSSR count). The number of ether oxygens (including phenoxy) is 1. The van der Waals surface area contributed by atoms with E-state index in [0.29, 0.717) is 11.6 Å². The molecule has 4 heterocycles. The van der Waals surface area contributed by atoms with Gasteiger partial charge in [-0.1, -0.05) is 6.07 Å². The van der Waals surface area contributed by atoms with Crippen LogP contribution in [0.15, 0.2) is 42.9 Å². The summed E-state index contributed by atoms with van der Waals surface area (Å²) in [6.07, 6.45) is 7.61. The molecule has 6 heteroatoms. The minimum absolute atomic E-state index is 0.0862. The zero-order chi connectivity index (χ0) is 18.8. The highest BCUT2D eigenvalue weighted by Crippen LogP contribution is 2.39. The van der Waals surface area contributed by atoms with Gasteiger partial charge in [-0.15, -0.1) is 0 Å². The molecule has 0 radical (unpaired) electrons. The Hall–Kier alpha value is -2.31. The summed E-state index contributed by atoms with van der Waals surface area (Å²) in [5.74, 6) is 0.0862.